The molecule has 122 valence electrons. The van der Waals surface area contributed by atoms with Crippen molar-refractivity contribution >= 4 is 15.9 Å². The van der Waals surface area contributed by atoms with E-state index in [2.05, 4.69) is 4.98 Å². The number of nitrogens with zero attached hydrogens (tertiary/aromatic N) is 3. The van der Waals surface area contributed by atoms with E-state index in [9.17, 15) is 13.2 Å². The van der Waals surface area contributed by atoms with Crippen molar-refractivity contribution in [2.24, 2.45) is 5.92 Å². The molecular weight excluding hydrogens is 306 g/mol. The molecule has 2 atom stereocenters. The summed E-state index contributed by atoms with van der Waals surface area (Å²) in [4.78, 5) is 18.1. The number of amides is 1. The van der Waals surface area contributed by atoms with E-state index < -0.39 is 10.0 Å². The maximum Gasteiger partial charge on any atom is 0.259 e. The number of pyridine rings is 1. The van der Waals surface area contributed by atoms with Crippen LogP contribution in [0.1, 0.15) is 17.3 Å². The fraction of sp³-hybridized carbons (Fsp3) is 0.571. The van der Waals surface area contributed by atoms with Crippen molar-refractivity contribution in [1.82, 2.24) is 14.2 Å². The van der Waals surface area contributed by atoms with Gasteiger partial charge in [0.1, 0.15) is 11.7 Å². The second-order valence-corrected chi connectivity index (χ2v) is 7.81. The molecule has 2 heterocycles. The molecule has 0 unspecified atom stereocenters. The Hall–Kier alpha value is -1.67. The Kier molecular flexibility index (Phi) is 4.72. The molecule has 8 heteroatoms. The number of carbonyl (C=O) groups is 1. The Morgan fingerprint density at radius 3 is 2.82 bits per heavy atom. The summed E-state index contributed by atoms with van der Waals surface area (Å²) < 4.78 is 30.4. The van der Waals surface area contributed by atoms with Crippen LogP contribution in [0.25, 0.3) is 0 Å². The van der Waals surface area contributed by atoms with E-state index in [1.165, 1.54) is 11.4 Å². The Bertz CT molecular complexity index is 662. The molecule has 7 nitrogen and oxygen atoms in total. The molecule has 1 aliphatic rings. The summed E-state index contributed by atoms with van der Waals surface area (Å²) >= 11 is 0. The topological polar surface area (TPSA) is 79.8 Å². The number of hydrogen-bond acceptors (Lipinski definition) is 5. The zero-order valence-corrected chi connectivity index (χ0v) is 14.0. The van der Waals surface area contributed by atoms with Crippen LogP contribution in [0, 0.1) is 5.92 Å². The van der Waals surface area contributed by atoms with E-state index in [-0.39, 0.29) is 30.4 Å². The van der Waals surface area contributed by atoms with Gasteiger partial charge in [-0.2, -0.15) is 0 Å². The fourth-order valence-corrected chi connectivity index (χ4v) is 2.77. The minimum Gasteiger partial charge on any atom is -0.472 e. The number of likely N-dealkylation sites (N-methyl/N-ethyl adjacent to an activating group) is 1. The summed E-state index contributed by atoms with van der Waals surface area (Å²) in [5, 5.41) is 0. The third-order valence-corrected chi connectivity index (χ3v) is 5.09. The summed E-state index contributed by atoms with van der Waals surface area (Å²) in [5.41, 5.74) is 0.393. The summed E-state index contributed by atoms with van der Waals surface area (Å²) in [6.45, 7) is 2.62. The first-order valence-corrected chi connectivity index (χ1v) is 8.83. The second kappa shape index (κ2) is 6.21. The predicted octanol–water partition coefficient (Wildman–Crippen LogP) is 0.442. The molecular formula is C14H21N3O4S. The lowest BCUT2D eigenvalue weighted by molar-refractivity contribution is 0.0589. The minimum absolute atomic E-state index is 0.0340. The van der Waals surface area contributed by atoms with Crippen LogP contribution in [0.3, 0.4) is 0 Å². The van der Waals surface area contributed by atoms with Gasteiger partial charge in [-0.1, -0.05) is 6.92 Å². The van der Waals surface area contributed by atoms with E-state index in [0.29, 0.717) is 12.1 Å². The Labute approximate surface area is 130 Å². The van der Waals surface area contributed by atoms with E-state index >= 15 is 0 Å². The second-order valence-electron chi connectivity index (χ2n) is 5.72. The van der Waals surface area contributed by atoms with Crippen LogP contribution < -0.4 is 4.74 Å². The molecule has 1 aromatic rings. The van der Waals surface area contributed by atoms with Crippen LogP contribution >= 0.6 is 0 Å². The van der Waals surface area contributed by atoms with Gasteiger partial charge in [0.15, 0.2) is 0 Å². The van der Waals surface area contributed by atoms with E-state index in [0.717, 1.165) is 6.26 Å². The maximum atomic E-state index is 12.3. The summed E-state index contributed by atoms with van der Waals surface area (Å²) in [7, 11) is -0.0631. The van der Waals surface area contributed by atoms with Crippen LogP contribution in [-0.2, 0) is 10.0 Å². The lowest BCUT2D eigenvalue weighted by atomic mass is 10.0. The van der Waals surface area contributed by atoms with Gasteiger partial charge in [-0.3, -0.25) is 4.79 Å². The first-order chi connectivity index (χ1) is 10.2. The van der Waals surface area contributed by atoms with Crippen LogP contribution in [0.2, 0.25) is 0 Å². The summed E-state index contributed by atoms with van der Waals surface area (Å²) in [6, 6.07) is 3.34. The monoisotopic (exact) mass is 327 g/mol. The Morgan fingerprint density at radius 1 is 1.50 bits per heavy atom. The van der Waals surface area contributed by atoms with E-state index in [4.69, 9.17) is 4.74 Å². The largest absolute Gasteiger partial charge is 0.472 e. The van der Waals surface area contributed by atoms with Gasteiger partial charge in [0.25, 0.3) is 5.91 Å². The number of aromatic nitrogens is 1. The standard InChI is InChI=1S/C14H21N3O4S/c1-10-8-16(2)14(18)11-6-5-7-15-13(11)21-12(10)9-17(3)22(4,19)20/h5-7,10,12H,8-9H2,1-4H3/t10-,12+/m1/s1. The highest BCUT2D eigenvalue weighted by Gasteiger charge is 2.31. The fourth-order valence-electron chi connectivity index (χ4n) is 2.35. The molecule has 1 aliphatic heterocycles. The van der Waals surface area contributed by atoms with Crippen LogP contribution in [0.4, 0.5) is 0 Å². The zero-order valence-electron chi connectivity index (χ0n) is 13.2. The van der Waals surface area contributed by atoms with Crippen LogP contribution in [-0.4, -0.2) is 68.1 Å². The number of fused-ring (bicyclic) bond motifs is 1. The molecule has 2 rings (SSSR count). The summed E-state index contributed by atoms with van der Waals surface area (Å²) in [6.07, 6.45) is 2.32. The van der Waals surface area contributed by atoms with Gasteiger partial charge >= 0.3 is 0 Å². The van der Waals surface area contributed by atoms with Crippen molar-refractivity contribution in [3.05, 3.63) is 23.9 Å². The highest BCUT2D eigenvalue weighted by atomic mass is 32.2. The van der Waals surface area contributed by atoms with Gasteiger partial charge in [0, 0.05) is 32.8 Å². The predicted molar refractivity (Wildman–Crippen MR) is 82.3 cm³/mol. The molecule has 1 amide bonds. The van der Waals surface area contributed by atoms with Gasteiger partial charge in [-0.15, -0.1) is 0 Å². The van der Waals surface area contributed by atoms with Crippen molar-refractivity contribution in [1.29, 1.82) is 0 Å². The van der Waals surface area contributed by atoms with Crippen LogP contribution in [0.5, 0.6) is 5.88 Å². The Morgan fingerprint density at radius 2 is 2.18 bits per heavy atom. The van der Waals surface area contributed by atoms with Crippen molar-refractivity contribution in [3.63, 3.8) is 0 Å². The van der Waals surface area contributed by atoms with E-state index in [1.807, 2.05) is 6.92 Å². The van der Waals surface area contributed by atoms with Crippen LogP contribution in [0.15, 0.2) is 18.3 Å². The average Bonchev–Trinajstić information content (AvgIpc) is 2.44. The Balaban J connectivity index is 2.33. The maximum absolute atomic E-state index is 12.3. The average molecular weight is 327 g/mol. The van der Waals surface area contributed by atoms with Gasteiger partial charge in [0.2, 0.25) is 15.9 Å². The number of hydrogen-bond donors (Lipinski definition) is 0. The molecule has 0 bridgehead atoms. The number of carbonyl (C=O) groups excluding carboxylic acids is 1. The third kappa shape index (κ3) is 3.56. The third-order valence-electron chi connectivity index (χ3n) is 3.81. The number of rotatable bonds is 3. The first-order valence-electron chi connectivity index (χ1n) is 6.98. The van der Waals surface area contributed by atoms with Crippen molar-refractivity contribution < 1.29 is 17.9 Å². The smallest absolute Gasteiger partial charge is 0.259 e. The first kappa shape index (κ1) is 16.7. The van der Waals surface area contributed by atoms with Gasteiger partial charge in [0.05, 0.1) is 12.8 Å². The highest BCUT2D eigenvalue weighted by Crippen LogP contribution is 2.24. The van der Waals surface area contributed by atoms with Crippen molar-refractivity contribution in [3.8, 4) is 5.88 Å². The van der Waals surface area contributed by atoms with Gasteiger partial charge in [-0.25, -0.2) is 17.7 Å². The molecule has 22 heavy (non-hydrogen) atoms. The lowest BCUT2D eigenvalue weighted by Crippen LogP contribution is -2.46. The molecule has 0 radical (unpaired) electrons. The molecule has 0 saturated heterocycles. The molecule has 1 aromatic heterocycles. The van der Waals surface area contributed by atoms with Gasteiger partial charge in [-0.05, 0) is 12.1 Å². The minimum atomic E-state index is -3.30. The molecule has 0 saturated carbocycles. The van der Waals surface area contributed by atoms with E-state index in [1.54, 1.807) is 30.3 Å². The molecule has 0 aromatic carbocycles. The number of sulfonamides is 1. The normalized spacial score (nSPS) is 22.8. The lowest BCUT2D eigenvalue weighted by Gasteiger charge is -2.33. The highest BCUT2D eigenvalue weighted by molar-refractivity contribution is 7.88. The van der Waals surface area contributed by atoms with Crippen molar-refractivity contribution in [2.75, 3.05) is 33.4 Å². The molecule has 0 spiro atoms. The summed E-state index contributed by atoms with van der Waals surface area (Å²) in [5.74, 6) is 0.0657. The van der Waals surface area contributed by atoms with Gasteiger partial charge < -0.3 is 9.64 Å². The SMILES string of the molecule is C[C@@H]1CN(C)C(=O)c2cccnc2O[C@H]1CN(C)S(C)(=O)=O. The molecule has 0 aliphatic carbocycles. The zero-order chi connectivity index (χ0) is 16.5. The number of ether oxygens (including phenoxy) is 1. The molecule has 0 N–H and O–H groups in total. The quantitative estimate of drug-likeness (QED) is 0.805. The van der Waals surface area contributed by atoms with Crippen molar-refractivity contribution in [2.45, 2.75) is 13.0 Å². The molecule has 0 fully saturated rings.